The fourth-order valence-corrected chi connectivity index (χ4v) is 3.02. The Bertz CT molecular complexity index is 915. The highest BCUT2D eigenvalue weighted by Crippen LogP contribution is 2.25. The molecule has 0 saturated carbocycles. The number of benzene rings is 2. The predicted octanol–water partition coefficient (Wildman–Crippen LogP) is 3.19. The quantitative estimate of drug-likeness (QED) is 0.707. The van der Waals surface area contributed by atoms with Crippen molar-refractivity contribution in [3.8, 4) is 5.69 Å². The molecule has 1 heterocycles. The third kappa shape index (κ3) is 4.00. The Morgan fingerprint density at radius 2 is 2.04 bits per heavy atom. The summed E-state index contributed by atoms with van der Waals surface area (Å²) in [5, 5.41) is 14.6. The van der Waals surface area contributed by atoms with E-state index in [0.29, 0.717) is 16.5 Å². The van der Waals surface area contributed by atoms with E-state index in [2.05, 4.69) is 20.8 Å². The molecular weight excluding hydrogens is 348 g/mol. The number of amides is 1. The van der Waals surface area contributed by atoms with Gasteiger partial charge in [-0.1, -0.05) is 30.0 Å². The average molecular weight is 361 g/mol. The van der Waals surface area contributed by atoms with Crippen molar-refractivity contribution >= 4 is 23.4 Å². The van der Waals surface area contributed by atoms with Gasteiger partial charge in [-0.25, -0.2) is 8.78 Å². The summed E-state index contributed by atoms with van der Waals surface area (Å²) in [6.07, 6.45) is 0. The number of aromatic nitrogens is 4. The number of carbonyl (C=O) groups is 1. The number of hydrogen-bond acceptors (Lipinski definition) is 5. The van der Waals surface area contributed by atoms with E-state index in [1.165, 1.54) is 35.5 Å². The molecule has 2 aromatic carbocycles. The zero-order valence-corrected chi connectivity index (χ0v) is 13.9. The van der Waals surface area contributed by atoms with E-state index in [-0.39, 0.29) is 17.2 Å². The summed E-state index contributed by atoms with van der Waals surface area (Å²) in [4.78, 5) is 11.2. The number of nitrogens with zero attached hydrogens (tertiary/aromatic N) is 4. The van der Waals surface area contributed by atoms with Crippen LogP contribution in [0, 0.1) is 11.6 Å². The van der Waals surface area contributed by atoms with E-state index in [1.807, 2.05) is 0 Å². The molecule has 0 radical (unpaired) electrons. The second-order valence-corrected chi connectivity index (χ2v) is 6.05. The standard InChI is InChI=1S/C16H13F2N5OS/c1-10(24)19-12-5-3-6-13(8-12)23-16(20-21-22-23)25-9-11-4-2-7-14(17)15(11)18/h2-8H,9H2,1H3,(H,19,24). The van der Waals surface area contributed by atoms with Crippen LogP contribution in [0.3, 0.4) is 0 Å². The number of rotatable bonds is 5. The minimum absolute atomic E-state index is 0.176. The maximum absolute atomic E-state index is 13.7. The third-order valence-corrected chi connectivity index (χ3v) is 4.21. The molecule has 0 atom stereocenters. The topological polar surface area (TPSA) is 72.7 Å². The van der Waals surface area contributed by atoms with Crippen LogP contribution in [0.15, 0.2) is 47.6 Å². The van der Waals surface area contributed by atoms with Gasteiger partial charge in [0.2, 0.25) is 11.1 Å². The minimum Gasteiger partial charge on any atom is -0.326 e. The Labute approximate surface area is 146 Å². The highest BCUT2D eigenvalue weighted by Gasteiger charge is 2.13. The molecule has 1 N–H and O–H groups in total. The molecule has 1 aromatic heterocycles. The van der Waals surface area contributed by atoms with Crippen LogP contribution in [0.25, 0.3) is 5.69 Å². The second-order valence-electron chi connectivity index (χ2n) is 5.11. The minimum atomic E-state index is -0.888. The number of thioether (sulfide) groups is 1. The first kappa shape index (κ1) is 17.0. The highest BCUT2D eigenvalue weighted by atomic mass is 32.2. The van der Waals surface area contributed by atoms with Crippen LogP contribution in [0.2, 0.25) is 0 Å². The molecule has 6 nitrogen and oxygen atoms in total. The summed E-state index contributed by atoms with van der Waals surface area (Å²) < 4.78 is 28.5. The van der Waals surface area contributed by atoms with Crippen LogP contribution in [0.1, 0.15) is 12.5 Å². The number of nitrogens with one attached hydrogen (secondary N) is 1. The summed E-state index contributed by atoms with van der Waals surface area (Å²) in [5.74, 6) is -1.78. The smallest absolute Gasteiger partial charge is 0.221 e. The fraction of sp³-hybridized carbons (Fsp3) is 0.125. The van der Waals surface area contributed by atoms with Crippen molar-refractivity contribution < 1.29 is 13.6 Å². The van der Waals surface area contributed by atoms with Gasteiger partial charge in [0.25, 0.3) is 0 Å². The van der Waals surface area contributed by atoms with E-state index < -0.39 is 11.6 Å². The third-order valence-electron chi connectivity index (χ3n) is 3.24. The molecule has 25 heavy (non-hydrogen) atoms. The second kappa shape index (κ2) is 7.39. The largest absolute Gasteiger partial charge is 0.326 e. The highest BCUT2D eigenvalue weighted by molar-refractivity contribution is 7.98. The maximum atomic E-state index is 13.7. The van der Waals surface area contributed by atoms with Crippen molar-refractivity contribution in [2.45, 2.75) is 17.8 Å². The predicted molar refractivity (Wildman–Crippen MR) is 89.4 cm³/mol. The van der Waals surface area contributed by atoms with Gasteiger partial charge in [0.05, 0.1) is 5.69 Å². The number of hydrogen-bond donors (Lipinski definition) is 1. The lowest BCUT2D eigenvalue weighted by atomic mass is 10.2. The van der Waals surface area contributed by atoms with E-state index in [4.69, 9.17) is 0 Å². The number of halogens is 2. The SMILES string of the molecule is CC(=O)Nc1cccc(-n2nnnc2SCc2cccc(F)c2F)c1. The Morgan fingerprint density at radius 1 is 1.24 bits per heavy atom. The van der Waals surface area contributed by atoms with Crippen LogP contribution in [0.4, 0.5) is 14.5 Å². The van der Waals surface area contributed by atoms with Crippen molar-refractivity contribution in [2.75, 3.05) is 5.32 Å². The van der Waals surface area contributed by atoms with Gasteiger partial charge >= 0.3 is 0 Å². The molecule has 3 aromatic rings. The molecule has 0 fully saturated rings. The number of tetrazole rings is 1. The van der Waals surface area contributed by atoms with Crippen molar-refractivity contribution in [1.29, 1.82) is 0 Å². The van der Waals surface area contributed by atoms with Crippen molar-refractivity contribution in [2.24, 2.45) is 0 Å². The van der Waals surface area contributed by atoms with E-state index in [9.17, 15) is 13.6 Å². The van der Waals surface area contributed by atoms with Gasteiger partial charge in [0, 0.05) is 23.9 Å². The molecule has 0 aliphatic rings. The Morgan fingerprint density at radius 3 is 2.84 bits per heavy atom. The van der Waals surface area contributed by atoms with Crippen LogP contribution in [0.5, 0.6) is 0 Å². The molecule has 0 saturated heterocycles. The molecule has 3 rings (SSSR count). The van der Waals surface area contributed by atoms with Gasteiger partial charge in [0.15, 0.2) is 11.6 Å². The fourth-order valence-electron chi connectivity index (χ4n) is 2.15. The van der Waals surface area contributed by atoms with E-state index in [0.717, 1.165) is 6.07 Å². The summed E-state index contributed by atoms with van der Waals surface area (Å²) in [5.41, 5.74) is 1.47. The normalized spacial score (nSPS) is 10.7. The van der Waals surface area contributed by atoms with Crippen molar-refractivity contribution in [1.82, 2.24) is 20.2 Å². The summed E-state index contributed by atoms with van der Waals surface area (Å²) >= 11 is 1.18. The number of carbonyl (C=O) groups excluding carboxylic acids is 1. The number of anilines is 1. The van der Waals surface area contributed by atoms with Gasteiger partial charge in [-0.2, -0.15) is 4.68 Å². The lowest BCUT2D eigenvalue weighted by molar-refractivity contribution is -0.114. The summed E-state index contributed by atoms with van der Waals surface area (Å²) in [7, 11) is 0. The van der Waals surface area contributed by atoms with Gasteiger partial charge in [-0.05, 0) is 34.7 Å². The summed E-state index contributed by atoms with van der Waals surface area (Å²) in [6.45, 7) is 1.42. The average Bonchev–Trinajstić information content (AvgIpc) is 3.04. The van der Waals surface area contributed by atoms with Crippen LogP contribution in [-0.4, -0.2) is 26.1 Å². The molecule has 128 valence electrons. The lowest BCUT2D eigenvalue weighted by Gasteiger charge is -2.07. The molecule has 0 aliphatic carbocycles. The van der Waals surface area contributed by atoms with E-state index in [1.54, 1.807) is 24.3 Å². The van der Waals surface area contributed by atoms with Gasteiger partial charge < -0.3 is 5.32 Å². The molecule has 9 heteroatoms. The summed E-state index contributed by atoms with van der Waals surface area (Å²) in [6, 6.07) is 11.0. The van der Waals surface area contributed by atoms with Crippen molar-refractivity contribution in [3.63, 3.8) is 0 Å². The molecule has 0 unspecified atom stereocenters. The molecule has 0 aliphatic heterocycles. The maximum Gasteiger partial charge on any atom is 0.221 e. The van der Waals surface area contributed by atoms with Gasteiger partial charge in [-0.3, -0.25) is 4.79 Å². The van der Waals surface area contributed by atoms with Gasteiger partial charge in [0.1, 0.15) is 0 Å². The molecule has 1 amide bonds. The Hall–Kier alpha value is -2.81. The zero-order chi connectivity index (χ0) is 17.8. The molecule has 0 bridgehead atoms. The van der Waals surface area contributed by atoms with Crippen LogP contribution in [-0.2, 0) is 10.5 Å². The monoisotopic (exact) mass is 361 g/mol. The molecular formula is C16H13F2N5OS. The first-order chi connectivity index (χ1) is 12.0. The first-order valence-corrected chi connectivity index (χ1v) is 8.25. The van der Waals surface area contributed by atoms with Crippen molar-refractivity contribution in [3.05, 3.63) is 59.7 Å². The van der Waals surface area contributed by atoms with Crippen LogP contribution >= 0.6 is 11.8 Å². The zero-order valence-electron chi connectivity index (χ0n) is 13.1. The first-order valence-electron chi connectivity index (χ1n) is 7.26. The van der Waals surface area contributed by atoms with Gasteiger partial charge in [-0.15, -0.1) is 5.10 Å². The lowest BCUT2D eigenvalue weighted by Crippen LogP contribution is -2.07. The Kier molecular flexibility index (Phi) is 5.03. The van der Waals surface area contributed by atoms with E-state index >= 15 is 0 Å². The Balaban J connectivity index is 1.81. The molecule has 0 spiro atoms. The van der Waals surface area contributed by atoms with Crippen LogP contribution < -0.4 is 5.32 Å².